The van der Waals surface area contributed by atoms with Gasteiger partial charge in [0.05, 0.1) is 0 Å². The number of hydrogen-bond donors (Lipinski definition) is 2. The Hall–Kier alpha value is -2.85. The second kappa shape index (κ2) is 9.66. The minimum Gasteiger partial charge on any atom is -0.465 e. The van der Waals surface area contributed by atoms with Crippen LogP contribution >= 0.6 is 0 Å². The predicted octanol–water partition coefficient (Wildman–Crippen LogP) is 3.61. The molecule has 2 N–H and O–H groups in total. The number of likely N-dealkylation sites (tertiary alicyclic amines) is 2. The molecule has 0 radical (unpaired) electrons. The fourth-order valence-corrected chi connectivity index (χ4v) is 5.60. The van der Waals surface area contributed by atoms with Gasteiger partial charge in [-0.3, -0.25) is 9.59 Å². The fourth-order valence-electron chi connectivity index (χ4n) is 5.60. The van der Waals surface area contributed by atoms with Crippen LogP contribution < -0.4 is 5.32 Å². The first-order valence-electron chi connectivity index (χ1n) is 11.9. The molecule has 1 saturated carbocycles. The summed E-state index contributed by atoms with van der Waals surface area (Å²) in [6.07, 6.45) is -5.16. The van der Waals surface area contributed by atoms with E-state index in [0.29, 0.717) is 19.5 Å². The molecular weight excluding hydrogens is 470 g/mol. The Bertz CT molecular complexity index is 957. The van der Waals surface area contributed by atoms with Gasteiger partial charge in [0.25, 0.3) is 0 Å². The molecular formula is C24H29F4N3O4. The molecule has 2 saturated heterocycles. The van der Waals surface area contributed by atoms with Crippen molar-refractivity contribution in [3.05, 3.63) is 35.6 Å². The Balaban J connectivity index is 1.39. The highest BCUT2D eigenvalue weighted by Crippen LogP contribution is 2.54. The second-order valence-corrected chi connectivity index (χ2v) is 9.85. The van der Waals surface area contributed by atoms with Crippen LogP contribution in [0.3, 0.4) is 0 Å². The number of amides is 3. The zero-order chi connectivity index (χ0) is 25.4. The topological polar surface area (TPSA) is 89.9 Å². The van der Waals surface area contributed by atoms with Crippen molar-refractivity contribution < 1.29 is 37.1 Å². The normalized spacial score (nSPS) is 24.7. The van der Waals surface area contributed by atoms with E-state index in [1.807, 2.05) is 0 Å². The lowest BCUT2D eigenvalue weighted by atomic mass is 9.67. The molecule has 7 nitrogen and oxygen atoms in total. The minimum absolute atomic E-state index is 0.103. The number of alkyl halides is 3. The molecule has 0 unspecified atom stereocenters. The van der Waals surface area contributed by atoms with Crippen LogP contribution in [0.15, 0.2) is 24.3 Å². The van der Waals surface area contributed by atoms with E-state index in [9.17, 15) is 31.9 Å². The standard InChI is InChI=1S/C24H29F4N3O4/c25-18-4-2-15(3-5-18)19-14-31(13-17(19)12-29-22(34)35)20(32)16-6-10-30(11-7-16)21(33)23(8-1-9-23)24(26,27)28/h2-5,16-17,19,29H,1,6-14H2,(H,34,35)/t17-,19-/m0/s1. The summed E-state index contributed by atoms with van der Waals surface area (Å²) in [4.78, 5) is 39.9. The summed E-state index contributed by atoms with van der Waals surface area (Å²) in [5, 5.41) is 11.4. The molecule has 11 heteroatoms. The number of nitrogens with one attached hydrogen (secondary N) is 1. The molecule has 1 aromatic carbocycles. The highest BCUT2D eigenvalue weighted by Gasteiger charge is 2.64. The average Bonchev–Trinajstić information content (AvgIpc) is 3.20. The number of hydrogen-bond acceptors (Lipinski definition) is 3. The van der Waals surface area contributed by atoms with Crippen molar-refractivity contribution in [1.82, 2.24) is 15.1 Å². The van der Waals surface area contributed by atoms with Gasteiger partial charge in [0.2, 0.25) is 11.8 Å². The molecule has 2 heterocycles. The molecule has 2 atom stereocenters. The van der Waals surface area contributed by atoms with Gasteiger partial charge in [0.15, 0.2) is 0 Å². The number of piperidine rings is 1. The lowest BCUT2D eigenvalue weighted by molar-refractivity contribution is -0.249. The first kappa shape index (κ1) is 25.2. The Kier molecular flexibility index (Phi) is 6.97. The van der Waals surface area contributed by atoms with Crippen LogP contribution in [0.5, 0.6) is 0 Å². The van der Waals surface area contributed by atoms with Gasteiger partial charge in [-0.2, -0.15) is 13.2 Å². The van der Waals surface area contributed by atoms with E-state index in [-0.39, 0.29) is 63.1 Å². The van der Waals surface area contributed by atoms with Crippen LogP contribution in [0.2, 0.25) is 0 Å². The molecule has 192 valence electrons. The number of carboxylic acid groups (broad SMARTS) is 1. The molecule has 1 aliphatic carbocycles. The molecule has 2 aliphatic heterocycles. The minimum atomic E-state index is -4.57. The number of carbonyl (C=O) groups is 3. The van der Waals surface area contributed by atoms with E-state index in [4.69, 9.17) is 5.11 Å². The molecule has 0 spiro atoms. The summed E-state index contributed by atoms with van der Waals surface area (Å²) in [6, 6.07) is 5.90. The smallest absolute Gasteiger partial charge is 0.404 e. The molecule has 35 heavy (non-hydrogen) atoms. The van der Waals surface area contributed by atoms with Gasteiger partial charge in [-0.15, -0.1) is 0 Å². The van der Waals surface area contributed by atoms with Crippen LogP contribution in [-0.4, -0.2) is 71.7 Å². The van der Waals surface area contributed by atoms with E-state index >= 15 is 0 Å². The van der Waals surface area contributed by atoms with Gasteiger partial charge in [-0.05, 0) is 43.4 Å². The molecule has 3 fully saturated rings. The summed E-state index contributed by atoms with van der Waals surface area (Å²) < 4.78 is 54.0. The molecule has 0 bridgehead atoms. The Morgan fingerprint density at radius 3 is 2.17 bits per heavy atom. The largest absolute Gasteiger partial charge is 0.465 e. The quantitative estimate of drug-likeness (QED) is 0.606. The van der Waals surface area contributed by atoms with Crippen LogP contribution in [0.25, 0.3) is 0 Å². The van der Waals surface area contributed by atoms with Crippen molar-refractivity contribution in [3.63, 3.8) is 0 Å². The fraction of sp³-hybridized carbons (Fsp3) is 0.625. The third-order valence-electron chi connectivity index (χ3n) is 7.86. The van der Waals surface area contributed by atoms with Crippen LogP contribution in [-0.2, 0) is 9.59 Å². The lowest BCUT2D eigenvalue weighted by Crippen LogP contribution is -2.57. The monoisotopic (exact) mass is 499 g/mol. The zero-order valence-corrected chi connectivity index (χ0v) is 19.2. The number of halogens is 4. The zero-order valence-electron chi connectivity index (χ0n) is 19.2. The van der Waals surface area contributed by atoms with Gasteiger partial charge < -0.3 is 20.2 Å². The second-order valence-electron chi connectivity index (χ2n) is 9.85. The van der Waals surface area contributed by atoms with Gasteiger partial charge in [0, 0.05) is 50.5 Å². The summed E-state index contributed by atoms with van der Waals surface area (Å²) in [7, 11) is 0. The third-order valence-corrected chi connectivity index (χ3v) is 7.86. The first-order valence-corrected chi connectivity index (χ1v) is 11.9. The summed E-state index contributed by atoms with van der Waals surface area (Å²) in [5.41, 5.74) is -1.47. The van der Waals surface area contributed by atoms with E-state index < -0.39 is 35.3 Å². The Morgan fingerprint density at radius 2 is 1.66 bits per heavy atom. The number of benzene rings is 1. The third kappa shape index (κ3) is 4.95. The van der Waals surface area contributed by atoms with Crippen molar-refractivity contribution in [2.75, 3.05) is 32.7 Å². The van der Waals surface area contributed by atoms with E-state index in [1.165, 1.54) is 17.0 Å². The van der Waals surface area contributed by atoms with Gasteiger partial charge in [0.1, 0.15) is 11.2 Å². The van der Waals surface area contributed by atoms with E-state index in [1.54, 1.807) is 17.0 Å². The van der Waals surface area contributed by atoms with Gasteiger partial charge in [-0.25, -0.2) is 9.18 Å². The first-order chi connectivity index (χ1) is 16.5. The van der Waals surface area contributed by atoms with Crippen LogP contribution in [0.4, 0.5) is 22.4 Å². The number of nitrogens with zero attached hydrogens (tertiary/aromatic N) is 2. The lowest BCUT2D eigenvalue weighted by Gasteiger charge is -2.45. The van der Waals surface area contributed by atoms with Crippen molar-refractivity contribution in [2.24, 2.45) is 17.3 Å². The van der Waals surface area contributed by atoms with Crippen molar-refractivity contribution in [3.8, 4) is 0 Å². The Labute approximate surface area is 200 Å². The molecule has 3 aliphatic rings. The maximum Gasteiger partial charge on any atom is 0.404 e. The van der Waals surface area contributed by atoms with Gasteiger partial charge >= 0.3 is 12.3 Å². The summed E-state index contributed by atoms with van der Waals surface area (Å²) >= 11 is 0. The molecule has 3 amide bonds. The van der Waals surface area contributed by atoms with Crippen molar-refractivity contribution >= 4 is 17.9 Å². The number of rotatable bonds is 5. The van der Waals surface area contributed by atoms with E-state index in [0.717, 1.165) is 5.56 Å². The highest BCUT2D eigenvalue weighted by molar-refractivity contribution is 5.85. The maximum atomic E-state index is 13.5. The number of carbonyl (C=O) groups excluding carboxylic acids is 2. The predicted molar refractivity (Wildman–Crippen MR) is 117 cm³/mol. The molecule has 4 rings (SSSR count). The van der Waals surface area contributed by atoms with E-state index in [2.05, 4.69) is 5.32 Å². The highest BCUT2D eigenvalue weighted by atomic mass is 19.4. The van der Waals surface area contributed by atoms with Crippen molar-refractivity contribution in [1.29, 1.82) is 0 Å². The summed E-state index contributed by atoms with van der Waals surface area (Å²) in [5.74, 6) is -2.21. The molecule has 0 aromatic heterocycles. The molecule has 1 aromatic rings. The maximum absolute atomic E-state index is 13.5. The SMILES string of the molecule is O=C(O)NC[C@H]1CN(C(=O)C2CCN(C(=O)C3(C(F)(F)F)CCC3)CC2)C[C@H]1c1ccc(F)cc1. The average molecular weight is 500 g/mol. The Morgan fingerprint density at radius 1 is 1.03 bits per heavy atom. The van der Waals surface area contributed by atoms with Gasteiger partial charge in [-0.1, -0.05) is 18.6 Å². The summed E-state index contributed by atoms with van der Waals surface area (Å²) in [6.45, 7) is 0.997. The van der Waals surface area contributed by atoms with Crippen LogP contribution in [0, 0.1) is 23.1 Å². The van der Waals surface area contributed by atoms with Crippen LogP contribution in [0.1, 0.15) is 43.6 Å². The van der Waals surface area contributed by atoms with Crippen molar-refractivity contribution in [2.45, 2.75) is 44.2 Å².